The number of aryl methyl sites for hydroxylation is 1. The fraction of sp³-hybridized carbons (Fsp3) is 0.143. The van der Waals surface area contributed by atoms with Crippen molar-refractivity contribution in [1.82, 2.24) is 9.78 Å². The first-order chi connectivity index (χ1) is 9.54. The molecule has 0 amide bonds. The van der Waals surface area contributed by atoms with Crippen LogP contribution in [0.15, 0.2) is 30.3 Å². The predicted octanol–water partition coefficient (Wildman–Crippen LogP) is 2.47. The summed E-state index contributed by atoms with van der Waals surface area (Å²) < 4.78 is 1.81. The number of aromatic carboxylic acids is 1. The summed E-state index contributed by atoms with van der Waals surface area (Å²) in [5, 5.41) is 16.9. The average molecular weight is 306 g/mol. The first-order valence-electron chi connectivity index (χ1n) is 5.97. The quantitative estimate of drug-likeness (QED) is 0.747. The summed E-state index contributed by atoms with van der Waals surface area (Å²) in [6.45, 7) is 2.45. The highest BCUT2D eigenvalue weighted by Gasteiger charge is 2.12. The number of rotatable bonds is 3. The van der Waals surface area contributed by atoms with Crippen LogP contribution in [0.5, 0.6) is 0 Å². The van der Waals surface area contributed by atoms with Crippen LogP contribution in [0.4, 0.5) is 0 Å². The van der Waals surface area contributed by atoms with Crippen LogP contribution >= 0.6 is 22.9 Å². The number of benzene rings is 1. The lowest BCUT2D eigenvalue weighted by Gasteiger charge is -2.03. The first kappa shape index (κ1) is 13.1. The van der Waals surface area contributed by atoms with Gasteiger partial charge in [-0.25, -0.2) is 0 Å². The summed E-state index contributed by atoms with van der Waals surface area (Å²) in [4.78, 5) is 12.0. The number of carbonyl (C=O) groups is 1. The van der Waals surface area contributed by atoms with E-state index in [-0.39, 0.29) is 4.88 Å². The minimum atomic E-state index is -1.15. The Kier molecular flexibility index (Phi) is 3.23. The monoisotopic (exact) mass is 305 g/mol. The molecule has 4 nitrogen and oxygen atoms in total. The minimum absolute atomic E-state index is 0.227. The van der Waals surface area contributed by atoms with Crippen LogP contribution < -0.4 is 5.11 Å². The topological polar surface area (TPSA) is 58.0 Å². The van der Waals surface area contributed by atoms with E-state index in [9.17, 15) is 9.90 Å². The molecule has 0 bridgehead atoms. The Balaban J connectivity index is 2.02. The smallest absolute Gasteiger partial charge is 0.122 e. The maximum absolute atomic E-state index is 10.9. The summed E-state index contributed by atoms with van der Waals surface area (Å²) >= 11 is 7.05. The Bertz CT molecular complexity index is 789. The van der Waals surface area contributed by atoms with Crippen LogP contribution in [0.2, 0.25) is 5.02 Å². The number of hydrogen-bond donors (Lipinski definition) is 0. The maximum Gasteiger partial charge on any atom is 0.122 e. The third-order valence-corrected chi connectivity index (χ3v) is 4.43. The molecule has 2 heterocycles. The van der Waals surface area contributed by atoms with Gasteiger partial charge in [-0.1, -0.05) is 23.7 Å². The number of thiophene rings is 1. The van der Waals surface area contributed by atoms with Gasteiger partial charge in [0.25, 0.3) is 0 Å². The van der Waals surface area contributed by atoms with E-state index in [1.807, 2.05) is 35.9 Å². The second-order valence-corrected chi connectivity index (χ2v) is 5.95. The summed E-state index contributed by atoms with van der Waals surface area (Å²) in [5.41, 5.74) is 1.87. The number of hydrogen-bond acceptors (Lipinski definition) is 4. The van der Waals surface area contributed by atoms with Crippen LogP contribution in [-0.2, 0) is 6.54 Å². The lowest BCUT2D eigenvalue weighted by atomic mass is 10.2. The number of carbonyl (C=O) groups excluding carboxylic acids is 1. The molecule has 0 aliphatic heterocycles. The molecule has 0 aliphatic rings. The highest BCUT2D eigenvalue weighted by Crippen LogP contribution is 2.28. The number of aromatic nitrogens is 2. The van der Waals surface area contributed by atoms with Crippen molar-refractivity contribution in [3.05, 3.63) is 51.5 Å². The standard InChI is InChI=1S/C14H11ClN2O2S/c1-8-11-6-12(14(18)19)20-13(11)17(16-8)7-9-2-4-10(15)5-3-9/h2-6H,7H2,1H3,(H,18,19)/p-1. The molecule has 1 aromatic carbocycles. The van der Waals surface area contributed by atoms with Crippen molar-refractivity contribution in [2.75, 3.05) is 0 Å². The Labute approximate surface area is 124 Å². The van der Waals surface area contributed by atoms with Crippen LogP contribution in [0.3, 0.4) is 0 Å². The van der Waals surface area contributed by atoms with E-state index in [0.29, 0.717) is 11.6 Å². The summed E-state index contributed by atoms with van der Waals surface area (Å²) in [5.74, 6) is -1.15. The van der Waals surface area contributed by atoms with Crippen molar-refractivity contribution in [3.8, 4) is 0 Å². The third kappa shape index (κ3) is 2.30. The van der Waals surface area contributed by atoms with Gasteiger partial charge in [0.2, 0.25) is 0 Å². The van der Waals surface area contributed by atoms with Crippen LogP contribution in [-0.4, -0.2) is 15.7 Å². The van der Waals surface area contributed by atoms with Crippen molar-refractivity contribution in [3.63, 3.8) is 0 Å². The van der Waals surface area contributed by atoms with Gasteiger partial charge in [0.05, 0.1) is 23.1 Å². The minimum Gasteiger partial charge on any atom is -0.544 e. The van der Waals surface area contributed by atoms with Crippen molar-refractivity contribution >= 4 is 39.1 Å². The highest BCUT2D eigenvalue weighted by molar-refractivity contribution is 7.20. The number of carboxylic acids is 1. The molecule has 102 valence electrons. The molecule has 2 aromatic heterocycles. The average Bonchev–Trinajstić information content (AvgIpc) is 2.95. The van der Waals surface area contributed by atoms with E-state index in [2.05, 4.69) is 5.10 Å². The normalized spacial score (nSPS) is 11.1. The molecule has 3 rings (SSSR count). The molecular formula is C14H10ClN2O2S-. The zero-order valence-corrected chi connectivity index (χ0v) is 12.2. The Hall–Kier alpha value is -1.85. The molecule has 0 aliphatic carbocycles. The van der Waals surface area contributed by atoms with Gasteiger partial charge in [-0.05, 0) is 30.7 Å². The second kappa shape index (κ2) is 4.92. The maximum atomic E-state index is 10.9. The highest BCUT2D eigenvalue weighted by atomic mass is 35.5. The molecule has 0 atom stereocenters. The second-order valence-electron chi connectivity index (χ2n) is 4.49. The molecule has 0 saturated carbocycles. The molecule has 6 heteroatoms. The molecule has 20 heavy (non-hydrogen) atoms. The fourth-order valence-electron chi connectivity index (χ4n) is 2.08. The molecule has 0 N–H and O–H groups in total. The molecular weight excluding hydrogens is 296 g/mol. The van der Waals surface area contributed by atoms with Gasteiger partial charge in [-0.2, -0.15) is 5.10 Å². The van der Waals surface area contributed by atoms with Crippen LogP contribution in [0.25, 0.3) is 10.2 Å². The van der Waals surface area contributed by atoms with Gasteiger partial charge < -0.3 is 9.90 Å². The van der Waals surface area contributed by atoms with E-state index in [1.165, 1.54) is 11.3 Å². The molecule has 0 saturated heterocycles. The van der Waals surface area contributed by atoms with E-state index in [1.54, 1.807) is 6.07 Å². The number of carboxylic acid groups (broad SMARTS) is 1. The van der Waals surface area contributed by atoms with Gasteiger partial charge in [0.1, 0.15) is 4.83 Å². The van der Waals surface area contributed by atoms with Crippen LogP contribution in [0, 0.1) is 6.92 Å². The Morgan fingerprint density at radius 2 is 2.10 bits per heavy atom. The fourth-order valence-corrected chi connectivity index (χ4v) is 3.20. The van der Waals surface area contributed by atoms with E-state index < -0.39 is 5.97 Å². The van der Waals surface area contributed by atoms with E-state index >= 15 is 0 Å². The van der Waals surface area contributed by atoms with E-state index in [0.717, 1.165) is 21.5 Å². The third-order valence-electron chi connectivity index (χ3n) is 3.05. The molecule has 0 spiro atoms. The SMILES string of the molecule is Cc1nn(Cc2ccc(Cl)cc2)c2sc(C(=O)[O-])cc12. The molecule has 3 aromatic rings. The molecule has 0 radical (unpaired) electrons. The molecule has 0 fully saturated rings. The van der Waals surface area contributed by atoms with Crippen molar-refractivity contribution < 1.29 is 9.90 Å². The largest absolute Gasteiger partial charge is 0.544 e. The van der Waals surface area contributed by atoms with Gasteiger partial charge in [0.15, 0.2) is 0 Å². The zero-order chi connectivity index (χ0) is 14.3. The number of halogens is 1. The summed E-state index contributed by atoms with van der Waals surface area (Å²) in [6, 6.07) is 9.13. The van der Waals surface area contributed by atoms with Crippen molar-refractivity contribution in [2.45, 2.75) is 13.5 Å². The van der Waals surface area contributed by atoms with Crippen molar-refractivity contribution in [2.24, 2.45) is 0 Å². The van der Waals surface area contributed by atoms with E-state index in [4.69, 9.17) is 11.6 Å². The number of nitrogens with zero attached hydrogens (tertiary/aromatic N) is 2. The summed E-state index contributed by atoms with van der Waals surface area (Å²) in [7, 11) is 0. The Morgan fingerprint density at radius 3 is 2.75 bits per heavy atom. The first-order valence-corrected chi connectivity index (χ1v) is 7.17. The lowest BCUT2D eigenvalue weighted by molar-refractivity contribution is -0.254. The molecule has 0 unspecified atom stereocenters. The summed E-state index contributed by atoms with van der Waals surface area (Å²) in [6.07, 6.45) is 0. The van der Waals surface area contributed by atoms with Gasteiger partial charge in [-0.15, -0.1) is 11.3 Å². The van der Waals surface area contributed by atoms with Gasteiger partial charge in [0, 0.05) is 10.4 Å². The van der Waals surface area contributed by atoms with Gasteiger partial charge >= 0.3 is 0 Å². The number of fused-ring (bicyclic) bond motifs is 1. The predicted molar refractivity (Wildman–Crippen MR) is 77.2 cm³/mol. The van der Waals surface area contributed by atoms with Crippen molar-refractivity contribution in [1.29, 1.82) is 0 Å². The zero-order valence-electron chi connectivity index (χ0n) is 10.6. The van der Waals surface area contributed by atoms with Gasteiger partial charge in [-0.3, -0.25) is 4.68 Å². The van der Waals surface area contributed by atoms with Crippen LogP contribution in [0.1, 0.15) is 20.9 Å². The lowest BCUT2D eigenvalue weighted by Crippen LogP contribution is -2.20. The Morgan fingerprint density at radius 1 is 1.40 bits per heavy atom.